The summed E-state index contributed by atoms with van der Waals surface area (Å²) in [4.78, 5) is 25.7. The van der Waals surface area contributed by atoms with Crippen LogP contribution in [-0.4, -0.2) is 49.2 Å². The standard InChI is InChI=1S/C17H21F3N2O3/c1-2-25-16(24)13-5-3-4-6-14(13)21-15(23)11-22-9-7-12(8-10-22)17(18,19)20/h3-6,12H,2,7-11H2,1H3,(H,21,23). The van der Waals surface area contributed by atoms with Gasteiger partial charge in [0.1, 0.15) is 0 Å². The first kappa shape index (κ1) is 19.2. The summed E-state index contributed by atoms with van der Waals surface area (Å²) in [6, 6.07) is 6.46. The molecule has 5 nitrogen and oxygen atoms in total. The van der Waals surface area contributed by atoms with Crippen molar-refractivity contribution in [1.82, 2.24) is 4.90 Å². The Morgan fingerprint density at radius 2 is 1.88 bits per heavy atom. The summed E-state index contributed by atoms with van der Waals surface area (Å²) in [7, 11) is 0. The molecule has 0 unspecified atom stereocenters. The first-order chi connectivity index (χ1) is 11.8. The van der Waals surface area contributed by atoms with Crippen LogP contribution in [0.5, 0.6) is 0 Å². The lowest BCUT2D eigenvalue weighted by Crippen LogP contribution is -2.42. The van der Waals surface area contributed by atoms with Crippen LogP contribution in [0.25, 0.3) is 0 Å². The summed E-state index contributed by atoms with van der Waals surface area (Å²) in [5.41, 5.74) is 0.574. The van der Waals surface area contributed by atoms with Gasteiger partial charge < -0.3 is 10.1 Å². The average Bonchev–Trinajstić information content (AvgIpc) is 2.55. The fraction of sp³-hybridized carbons (Fsp3) is 0.529. The van der Waals surface area contributed by atoms with E-state index < -0.39 is 18.1 Å². The van der Waals surface area contributed by atoms with Crippen molar-refractivity contribution in [2.75, 3.05) is 31.6 Å². The van der Waals surface area contributed by atoms with E-state index in [4.69, 9.17) is 4.74 Å². The van der Waals surface area contributed by atoms with Gasteiger partial charge in [-0.25, -0.2) is 4.79 Å². The Kier molecular flexibility index (Phi) is 6.41. The third-order valence-electron chi connectivity index (χ3n) is 4.11. The zero-order valence-corrected chi connectivity index (χ0v) is 13.9. The van der Waals surface area contributed by atoms with Gasteiger partial charge in [0.15, 0.2) is 0 Å². The average molecular weight is 358 g/mol. The number of likely N-dealkylation sites (tertiary alicyclic amines) is 1. The van der Waals surface area contributed by atoms with Gasteiger partial charge >= 0.3 is 12.1 Å². The Bertz CT molecular complexity index is 611. The van der Waals surface area contributed by atoms with Crippen molar-refractivity contribution in [3.05, 3.63) is 29.8 Å². The second kappa shape index (κ2) is 8.33. The molecule has 1 fully saturated rings. The molecule has 8 heteroatoms. The fourth-order valence-electron chi connectivity index (χ4n) is 2.79. The molecular weight excluding hydrogens is 337 g/mol. The molecule has 0 radical (unpaired) electrons. The molecule has 1 heterocycles. The molecule has 1 aliphatic heterocycles. The quantitative estimate of drug-likeness (QED) is 0.822. The van der Waals surface area contributed by atoms with Gasteiger partial charge in [0.05, 0.1) is 30.3 Å². The number of hydrogen-bond acceptors (Lipinski definition) is 4. The highest BCUT2D eigenvalue weighted by atomic mass is 19.4. The van der Waals surface area contributed by atoms with Crippen molar-refractivity contribution in [1.29, 1.82) is 0 Å². The highest BCUT2D eigenvalue weighted by Gasteiger charge is 2.41. The number of piperidine rings is 1. The number of alkyl halides is 3. The number of ether oxygens (including phenoxy) is 1. The molecule has 1 amide bonds. The zero-order chi connectivity index (χ0) is 18.4. The predicted octanol–water partition coefficient (Wildman–Crippen LogP) is 3.08. The number of anilines is 1. The lowest BCUT2D eigenvalue weighted by Gasteiger charge is -2.32. The van der Waals surface area contributed by atoms with Crippen LogP contribution in [0.2, 0.25) is 0 Å². The Labute approximate surface area is 144 Å². The second-order valence-electron chi connectivity index (χ2n) is 5.91. The third-order valence-corrected chi connectivity index (χ3v) is 4.11. The smallest absolute Gasteiger partial charge is 0.391 e. The first-order valence-corrected chi connectivity index (χ1v) is 8.16. The summed E-state index contributed by atoms with van der Waals surface area (Å²) in [6.45, 7) is 2.33. The number of nitrogens with zero attached hydrogens (tertiary/aromatic N) is 1. The number of rotatable bonds is 5. The van der Waals surface area contributed by atoms with Crippen LogP contribution in [0, 0.1) is 5.92 Å². The number of esters is 1. The Hall–Kier alpha value is -2.09. The molecule has 0 atom stereocenters. The third kappa shape index (κ3) is 5.45. The molecule has 0 aliphatic carbocycles. The van der Waals surface area contributed by atoms with Crippen LogP contribution in [0.1, 0.15) is 30.1 Å². The van der Waals surface area contributed by atoms with Crippen LogP contribution >= 0.6 is 0 Å². The van der Waals surface area contributed by atoms with Gasteiger partial charge in [-0.2, -0.15) is 13.2 Å². The van der Waals surface area contributed by atoms with Crippen LogP contribution in [0.3, 0.4) is 0 Å². The molecule has 0 spiro atoms. The monoisotopic (exact) mass is 358 g/mol. The van der Waals surface area contributed by atoms with Gasteiger partial charge in [-0.3, -0.25) is 9.69 Å². The number of halogens is 3. The van der Waals surface area contributed by atoms with Crippen molar-refractivity contribution < 1.29 is 27.5 Å². The largest absolute Gasteiger partial charge is 0.462 e. The van der Waals surface area contributed by atoms with Crippen molar-refractivity contribution in [3.63, 3.8) is 0 Å². The first-order valence-electron chi connectivity index (χ1n) is 8.16. The zero-order valence-electron chi connectivity index (χ0n) is 13.9. The highest BCUT2D eigenvalue weighted by Crippen LogP contribution is 2.34. The lowest BCUT2D eigenvalue weighted by molar-refractivity contribution is -0.184. The number of hydrogen-bond donors (Lipinski definition) is 1. The molecule has 0 saturated carbocycles. The van der Waals surface area contributed by atoms with E-state index in [0.29, 0.717) is 5.69 Å². The van der Waals surface area contributed by atoms with Gasteiger partial charge in [0, 0.05) is 0 Å². The van der Waals surface area contributed by atoms with Crippen LogP contribution in [0.4, 0.5) is 18.9 Å². The molecule has 1 aromatic carbocycles. The molecule has 0 aromatic heterocycles. The molecule has 25 heavy (non-hydrogen) atoms. The SMILES string of the molecule is CCOC(=O)c1ccccc1NC(=O)CN1CCC(C(F)(F)F)CC1. The van der Waals surface area contributed by atoms with Crippen molar-refractivity contribution >= 4 is 17.6 Å². The summed E-state index contributed by atoms with van der Waals surface area (Å²) in [6.07, 6.45) is -4.18. The van der Waals surface area contributed by atoms with Gasteiger partial charge in [-0.1, -0.05) is 12.1 Å². The van der Waals surface area contributed by atoms with Gasteiger partial charge in [-0.05, 0) is 45.0 Å². The Balaban J connectivity index is 1.90. The number of amides is 1. The molecular formula is C17H21F3N2O3. The van der Waals surface area contributed by atoms with Gasteiger partial charge in [-0.15, -0.1) is 0 Å². The van der Waals surface area contributed by atoms with E-state index in [9.17, 15) is 22.8 Å². The minimum atomic E-state index is -4.17. The normalized spacial score (nSPS) is 16.5. The number of benzene rings is 1. The van der Waals surface area contributed by atoms with Crippen molar-refractivity contribution in [2.45, 2.75) is 25.9 Å². The number of para-hydroxylation sites is 1. The van der Waals surface area contributed by atoms with Crippen LogP contribution in [-0.2, 0) is 9.53 Å². The number of nitrogens with one attached hydrogen (secondary N) is 1. The van der Waals surface area contributed by atoms with E-state index in [1.165, 1.54) is 0 Å². The lowest BCUT2D eigenvalue weighted by atomic mass is 9.96. The molecule has 1 aliphatic rings. The molecule has 1 N–H and O–H groups in total. The maximum absolute atomic E-state index is 12.7. The maximum atomic E-state index is 12.7. The van der Waals surface area contributed by atoms with Crippen molar-refractivity contribution in [2.24, 2.45) is 5.92 Å². The van der Waals surface area contributed by atoms with Crippen LogP contribution < -0.4 is 5.32 Å². The second-order valence-corrected chi connectivity index (χ2v) is 5.91. The van der Waals surface area contributed by atoms with E-state index >= 15 is 0 Å². The number of carbonyl (C=O) groups is 2. The Morgan fingerprint density at radius 1 is 1.24 bits per heavy atom. The van der Waals surface area contributed by atoms with E-state index in [-0.39, 0.29) is 50.6 Å². The topological polar surface area (TPSA) is 58.6 Å². The van der Waals surface area contributed by atoms with Crippen molar-refractivity contribution in [3.8, 4) is 0 Å². The Morgan fingerprint density at radius 3 is 2.48 bits per heavy atom. The van der Waals surface area contributed by atoms with Gasteiger partial charge in [0.2, 0.25) is 5.91 Å². The summed E-state index contributed by atoms with van der Waals surface area (Å²) in [5.74, 6) is -2.21. The fourth-order valence-corrected chi connectivity index (χ4v) is 2.79. The highest BCUT2D eigenvalue weighted by molar-refractivity contribution is 6.01. The van der Waals surface area contributed by atoms with Gasteiger partial charge in [0.25, 0.3) is 0 Å². The molecule has 0 bridgehead atoms. The van der Waals surface area contributed by atoms with Crippen LogP contribution in [0.15, 0.2) is 24.3 Å². The predicted molar refractivity (Wildman–Crippen MR) is 86.2 cm³/mol. The summed E-state index contributed by atoms with van der Waals surface area (Å²) >= 11 is 0. The minimum Gasteiger partial charge on any atom is -0.462 e. The van der Waals surface area contributed by atoms with E-state index in [0.717, 1.165) is 0 Å². The summed E-state index contributed by atoms with van der Waals surface area (Å²) in [5, 5.41) is 2.63. The maximum Gasteiger partial charge on any atom is 0.391 e. The summed E-state index contributed by atoms with van der Waals surface area (Å²) < 4.78 is 42.9. The number of carbonyl (C=O) groups excluding carboxylic acids is 2. The van der Waals surface area contributed by atoms with E-state index in [1.54, 1.807) is 36.1 Å². The van der Waals surface area contributed by atoms with E-state index in [1.807, 2.05) is 0 Å². The molecule has 2 rings (SSSR count). The minimum absolute atomic E-state index is 0.00378. The molecule has 138 valence electrons. The molecule has 1 saturated heterocycles. The molecule has 1 aromatic rings. The van der Waals surface area contributed by atoms with E-state index in [2.05, 4.69) is 5.32 Å².